The van der Waals surface area contributed by atoms with Crippen LogP contribution in [0.2, 0.25) is 0 Å². The maximum atomic E-state index is 14.3. The highest BCUT2D eigenvalue weighted by molar-refractivity contribution is 5.77. The number of benzene rings is 1. The molecule has 1 aromatic rings. The van der Waals surface area contributed by atoms with Gasteiger partial charge in [-0.2, -0.15) is 8.78 Å². The number of carbonyl (C=O) groups is 1. The number of unbranched alkanes of at least 4 members (excludes halogenated alkanes) is 1. The fourth-order valence-corrected chi connectivity index (χ4v) is 1.90. The lowest BCUT2D eigenvalue weighted by atomic mass is 10.1. The van der Waals surface area contributed by atoms with Gasteiger partial charge in [-0.3, -0.25) is 4.79 Å². The normalized spacial score (nSPS) is 11.4. The van der Waals surface area contributed by atoms with E-state index in [0.717, 1.165) is 18.4 Å². The molecular formula is C17H26F2N2O2. The van der Waals surface area contributed by atoms with E-state index >= 15 is 0 Å². The van der Waals surface area contributed by atoms with Gasteiger partial charge in [-0.1, -0.05) is 25.5 Å². The van der Waals surface area contributed by atoms with Crippen LogP contribution in [0, 0.1) is 6.92 Å². The molecule has 0 atom stereocenters. The Morgan fingerprint density at radius 1 is 1.35 bits per heavy atom. The third-order valence-electron chi connectivity index (χ3n) is 3.49. The van der Waals surface area contributed by atoms with E-state index < -0.39 is 12.5 Å². The number of ether oxygens (including phenoxy) is 1. The molecule has 4 nitrogen and oxygen atoms in total. The van der Waals surface area contributed by atoms with Crippen LogP contribution in [0.1, 0.15) is 30.9 Å². The largest absolute Gasteiger partial charge is 0.493 e. The first-order valence-electron chi connectivity index (χ1n) is 7.80. The molecular weight excluding hydrogens is 302 g/mol. The fourth-order valence-electron chi connectivity index (χ4n) is 1.90. The van der Waals surface area contributed by atoms with Crippen LogP contribution >= 0.6 is 0 Å². The highest BCUT2D eigenvalue weighted by Gasteiger charge is 2.32. The molecule has 0 aliphatic heterocycles. The van der Waals surface area contributed by atoms with Crippen LogP contribution in [0.5, 0.6) is 5.75 Å². The molecule has 0 spiro atoms. The molecule has 0 aromatic heterocycles. The first kappa shape index (κ1) is 19.4. The third kappa shape index (κ3) is 6.14. The second kappa shape index (κ2) is 8.82. The molecule has 0 unspecified atom stereocenters. The number of carbonyl (C=O) groups excluding carboxylic acids is 1. The highest BCUT2D eigenvalue weighted by atomic mass is 19.3. The van der Waals surface area contributed by atoms with Gasteiger partial charge in [0.1, 0.15) is 5.75 Å². The molecule has 0 radical (unpaired) electrons. The van der Waals surface area contributed by atoms with Gasteiger partial charge >= 0.3 is 0 Å². The van der Waals surface area contributed by atoms with Crippen molar-refractivity contribution >= 4 is 5.91 Å². The SMILES string of the molecule is CCCCOc1cc(C(F)(F)CNCC(=O)N(C)C)ccc1C. The van der Waals surface area contributed by atoms with Crippen LogP contribution in [0.3, 0.4) is 0 Å². The maximum absolute atomic E-state index is 14.3. The molecule has 1 amide bonds. The molecule has 23 heavy (non-hydrogen) atoms. The Balaban J connectivity index is 2.71. The number of nitrogens with zero attached hydrogens (tertiary/aromatic N) is 1. The summed E-state index contributed by atoms with van der Waals surface area (Å²) in [5.41, 5.74) is 0.718. The lowest BCUT2D eigenvalue weighted by Crippen LogP contribution is -2.38. The number of aryl methyl sites for hydroxylation is 1. The first-order chi connectivity index (χ1) is 10.8. The van der Waals surface area contributed by atoms with Crippen molar-refractivity contribution in [1.29, 1.82) is 0 Å². The number of hydrogen-bond donors (Lipinski definition) is 1. The number of likely N-dealkylation sites (N-methyl/N-ethyl adjacent to an activating group) is 1. The quantitative estimate of drug-likeness (QED) is 0.709. The molecule has 6 heteroatoms. The summed E-state index contributed by atoms with van der Waals surface area (Å²) in [7, 11) is 3.17. The molecule has 0 aliphatic rings. The van der Waals surface area contributed by atoms with E-state index in [4.69, 9.17) is 4.74 Å². The number of halogens is 2. The summed E-state index contributed by atoms with van der Waals surface area (Å²) in [4.78, 5) is 12.8. The van der Waals surface area contributed by atoms with Crippen LogP contribution < -0.4 is 10.1 Å². The van der Waals surface area contributed by atoms with Crippen molar-refractivity contribution in [1.82, 2.24) is 10.2 Å². The van der Waals surface area contributed by atoms with Crippen molar-refractivity contribution in [3.63, 3.8) is 0 Å². The molecule has 0 heterocycles. The lowest BCUT2D eigenvalue weighted by molar-refractivity contribution is -0.128. The predicted molar refractivity (Wildman–Crippen MR) is 87.0 cm³/mol. The maximum Gasteiger partial charge on any atom is 0.285 e. The van der Waals surface area contributed by atoms with E-state index in [9.17, 15) is 13.6 Å². The zero-order valence-corrected chi connectivity index (χ0v) is 14.3. The van der Waals surface area contributed by atoms with Crippen LogP contribution in [0.4, 0.5) is 8.78 Å². The van der Waals surface area contributed by atoms with E-state index in [1.54, 1.807) is 20.2 Å². The number of alkyl halides is 2. The minimum absolute atomic E-state index is 0.112. The second-order valence-electron chi connectivity index (χ2n) is 5.78. The van der Waals surface area contributed by atoms with Gasteiger partial charge in [0, 0.05) is 19.7 Å². The van der Waals surface area contributed by atoms with E-state index in [1.165, 1.54) is 17.0 Å². The summed E-state index contributed by atoms with van der Waals surface area (Å²) in [5.74, 6) is -2.82. The van der Waals surface area contributed by atoms with Crippen LogP contribution in [0.15, 0.2) is 18.2 Å². The highest BCUT2D eigenvalue weighted by Crippen LogP contribution is 2.31. The summed E-state index contributed by atoms with van der Waals surface area (Å²) in [6, 6.07) is 4.42. The summed E-state index contributed by atoms with van der Waals surface area (Å²) in [6.07, 6.45) is 1.87. The molecule has 1 rings (SSSR count). The van der Waals surface area contributed by atoms with Gasteiger partial charge in [-0.15, -0.1) is 0 Å². The van der Waals surface area contributed by atoms with Crippen molar-refractivity contribution in [3.8, 4) is 5.75 Å². The zero-order chi connectivity index (χ0) is 17.5. The van der Waals surface area contributed by atoms with Gasteiger partial charge in [0.25, 0.3) is 5.92 Å². The molecule has 1 N–H and O–H groups in total. The Labute approximate surface area is 136 Å². The molecule has 0 saturated carbocycles. The van der Waals surface area contributed by atoms with E-state index in [0.29, 0.717) is 12.4 Å². The molecule has 0 aliphatic carbocycles. The lowest BCUT2D eigenvalue weighted by Gasteiger charge is -2.20. The summed E-state index contributed by atoms with van der Waals surface area (Å²) < 4.78 is 34.1. The molecule has 0 saturated heterocycles. The summed E-state index contributed by atoms with van der Waals surface area (Å²) in [5, 5.41) is 2.51. The Hall–Kier alpha value is -1.69. The van der Waals surface area contributed by atoms with Crippen molar-refractivity contribution in [2.45, 2.75) is 32.6 Å². The van der Waals surface area contributed by atoms with Gasteiger partial charge in [-0.25, -0.2) is 0 Å². The monoisotopic (exact) mass is 328 g/mol. The average molecular weight is 328 g/mol. The number of hydrogen-bond acceptors (Lipinski definition) is 3. The minimum atomic E-state index is -3.07. The standard InChI is InChI=1S/C17H26F2N2O2/c1-5-6-9-23-15-10-14(8-7-13(15)2)17(18,19)12-20-11-16(22)21(3)4/h7-8,10,20H,5-6,9,11-12H2,1-4H3. The van der Waals surface area contributed by atoms with Crippen molar-refractivity contribution in [2.24, 2.45) is 0 Å². The summed E-state index contributed by atoms with van der Waals surface area (Å²) >= 11 is 0. The number of nitrogens with one attached hydrogen (secondary N) is 1. The van der Waals surface area contributed by atoms with E-state index in [-0.39, 0.29) is 18.0 Å². The van der Waals surface area contributed by atoms with E-state index in [2.05, 4.69) is 5.32 Å². The minimum Gasteiger partial charge on any atom is -0.493 e. The summed E-state index contributed by atoms with van der Waals surface area (Å²) in [6.45, 7) is 3.68. The Kier molecular flexibility index (Phi) is 7.42. The van der Waals surface area contributed by atoms with Gasteiger partial charge in [0.05, 0.1) is 19.7 Å². The van der Waals surface area contributed by atoms with Crippen LogP contribution in [0.25, 0.3) is 0 Å². The predicted octanol–water partition coefficient (Wildman–Crippen LogP) is 2.94. The van der Waals surface area contributed by atoms with Crippen molar-refractivity contribution in [2.75, 3.05) is 33.8 Å². The van der Waals surface area contributed by atoms with E-state index in [1.807, 2.05) is 13.8 Å². The van der Waals surface area contributed by atoms with Gasteiger partial charge in [0.15, 0.2) is 0 Å². The number of rotatable bonds is 9. The smallest absolute Gasteiger partial charge is 0.285 e. The Bertz CT molecular complexity index is 519. The van der Waals surface area contributed by atoms with Gasteiger partial charge in [0.2, 0.25) is 5.91 Å². The molecule has 130 valence electrons. The fraction of sp³-hybridized carbons (Fsp3) is 0.588. The van der Waals surface area contributed by atoms with Crippen molar-refractivity contribution in [3.05, 3.63) is 29.3 Å². The number of amides is 1. The first-order valence-corrected chi connectivity index (χ1v) is 7.80. The molecule has 0 bridgehead atoms. The van der Waals surface area contributed by atoms with Gasteiger partial charge < -0.3 is 15.0 Å². The topological polar surface area (TPSA) is 41.6 Å². The second-order valence-corrected chi connectivity index (χ2v) is 5.78. The third-order valence-corrected chi connectivity index (χ3v) is 3.49. The van der Waals surface area contributed by atoms with Crippen molar-refractivity contribution < 1.29 is 18.3 Å². The average Bonchev–Trinajstić information content (AvgIpc) is 2.48. The Morgan fingerprint density at radius 2 is 2.04 bits per heavy atom. The van der Waals surface area contributed by atoms with Crippen LogP contribution in [-0.4, -0.2) is 44.6 Å². The Morgan fingerprint density at radius 3 is 2.65 bits per heavy atom. The zero-order valence-electron chi connectivity index (χ0n) is 14.3. The van der Waals surface area contributed by atoms with Gasteiger partial charge in [-0.05, 0) is 25.0 Å². The van der Waals surface area contributed by atoms with Crippen LogP contribution in [-0.2, 0) is 10.7 Å². The molecule has 1 aromatic carbocycles. The molecule has 0 fully saturated rings.